The van der Waals surface area contributed by atoms with Crippen molar-refractivity contribution in [2.45, 2.75) is 44.7 Å². The van der Waals surface area contributed by atoms with Gasteiger partial charge in [0.2, 0.25) is 0 Å². The summed E-state index contributed by atoms with van der Waals surface area (Å²) in [6.45, 7) is 3.86. The molecule has 0 aromatic carbocycles. The molecule has 0 aromatic heterocycles. The lowest BCUT2D eigenvalue weighted by Crippen LogP contribution is -2.49. The Kier molecular flexibility index (Phi) is 4.20. The maximum Gasteiger partial charge on any atom is 0.0635 e. The molecule has 1 rings (SSSR count). The summed E-state index contributed by atoms with van der Waals surface area (Å²) in [6.07, 6.45) is 4.36. The van der Waals surface area contributed by atoms with Gasteiger partial charge in [-0.15, -0.1) is 0 Å². The maximum atomic E-state index is 8.53. The van der Waals surface area contributed by atoms with Gasteiger partial charge in [-0.05, 0) is 19.8 Å². The molecule has 0 bridgehead atoms. The summed E-state index contributed by atoms with van der Waals surface area (Å²) in [7, 11) is 0. The van der Waals surface area contributed by atoms with Crippen molar-refractivity contribution in [3.05, 3.63) is 0 Å². The van der Waals surface area contributed by atoms with E-state index in [1.54, 1.807) is 0 Å². The first-order chi connectivity index (χ1) is 6.29. The van der Waals surface area contributed by atoms with Crippen LogP contribution in [-0.2, 0) is 0 Å². The molecule has 0 aromatic rings. The quantitative estimate of drug-likeness (QED) is 0.709. The summed E-state index contributed by atoms with van der Waals surface area (Å²) in [6, 6.07) is 3.32. The van der Waals surface area contributed by atoms with Crippen molar-refractivity contribution < 1.29 is 0 Å². The Morgan fingerprint density at radius 2 is 2.31 bits per heavy atom. The third-order valence-corrected chi connectivity index (χ3v) is 2.95. The van der Waals surface area contributed by atoms with Gasteiger partial charge < -0.3 is 5.73 Å². The largest absolute Gasteiger partial charge is 0.329 e. The van der Waals surface area contributed by atoms with Crippen LogP contribution in [0.15, 0.2) is 0 Å². The molecule has 1 fully saturated rings. The standard InChI is InChI=1S/C10H19N3/c1-9-4-2-5-10(8-12)13(9)7-3-6-11/h9-10H,2-5,7-8,12H2,1H3. The fraction of sp³-hybridized carbons (Fsp3) is 0.900. The Hall–Kier alpha value is -0.590. The molecule has 1 aliphatic rings. The van der Waals surface area contributed by atoms with Crippen LogP contribution in [0.25, 0.3) is 0 Å². The summed E-state index contributed by atoms with van der Waals surface area (Å²) >= 11 is 0. The van der Waals surface area contributed by atoms with Crippen LogP contribution in [0.4, 0.5) is 0 Å². The summed E-state index contributed by atoms with van der Waals surface area (Å²) in [5.74, 6) is 0. The van der Waals surface area contributed by atoms with Gasteiger partial charge in [0, 0.05) is 31.6 Å². The molecule has 0 saturated carbocycles. The van der Waals surface area contributed by atoms with Crippen molar-refractivity contribution in [3.8, 4) is 6.07 Å². The summed E-state index contributed by atoms with van der Waals surface area (Å²) in [4.78, 5) is 2.40. The molecule has 74 valence electrons. The smallest absolute Gasteiger partial charge is 0.0635 e. The van der Waals surface area contributed by atoms with Gasteiger partial charge in [0.15, 0.2) is 0 Å². The van der Waals surface area contributed by atoms with E-state index in [0.717, 1.165) is 13.1 Å². The van der Waals surface area contributed by atoms with Gasteiger partial charge in [-0.3, -0.25) is 4.90 Å². The Labute approximate surface area is 80.5 Å². The predicted octanol–water partition coefficient (Wildman–Crippen LogP) is 1.10. The third-order valence-electron chi connectivity index (χ3n) is 2.95. The van der Waals surface area contributed by atoms with Crippen LogP contribution in [0.2, 0.25) is 0 Å². The highest BCUT2D eigenvalue weighted by atomic mass is 15.2. The number of rotatable bonds is 3. The van der Waals surface area contributed by atoms with Crippen molar-refractivity contribution in [2.75, 3.05) is 13.1 Å². The van der Waals surface area contributed by atoms with Crippen LogP contribution < -0.4 is 5.73 Å². The second-order valence-electron chi connectivity index (χ2n) is 3.82. The number of nitriles is 1. The summed E-state index contributed by atoms with van der Waals surface area (Å²) in [5, 5.41) is 8.53. The average Bonchev–Trinajstić information content (AvgIpc) is 2.15. The monoisotopic (exact) mass is 181 g/mol. The Balaban J connectivity index is 2.47. The number of likely N-dealkylation sites (tertiary alicyclic amines) is 1. The van der Waals surface area contributed by atoms with Crippen molar-refractivity contribution in [1.29, 1.82) is 5.26 Å². The Morgan fingerprint density at radius 3 is 2.92 bits per heavy atom. The number of piperidine rings is 1. The van der Waals surface area contributed by atoms with E-state index in [1.807, 2.05) is 0 Å². The molecule has 0 aliphatic carbocycles. The number of nitrogens with zero attached hydrogens (tertiary/aromatic N) is 2. The SMILES string of the molecule is CC1CCCC(CN)N1CCC#N. The molecular weight excluding hydrogens is 162 g/mol. The van der Waals surface area contributed by atoms with Crippen LogP contribution in [0, 0.1) is 11.3 Å². The lowest BCUT2D eigenvalue weighted by Gasteiger charge is -2.39. The lowest BCUT2D eigenvalue weighted by molar-refractivity contribution is 0.100. The van der Waals surface area contributed by atoms with E-state index in [2.05, 4.69) is 17.9 Å². The fourth-order valence-electron chi connectivity index (χ4n) is 2.18. The van der Waals surface area contributed by atoms with E-state index in [9.17, 15) is 0 Å². The van der Waals surface area contributed by atoms with Crippen molar-refractivity contribution >= 4 is 0 Å². The lowest BCUT2D eigenvalue weighted by atomic mass is 9.96. The summed E-state index contributed by atoms with van der Waals surface area (Å²) in [5.41, 5.74) is 5.70. The molecule has 1 aliphatic heterocycles. The second-order valence-corrected chi connectivity index (χ2v) is 3.82. The highest BCUT2D eigenvalue weighted by Gasteiger charge is 2.25. The van der Waals surface area contributed by atoms with Gasteiger partial charge in [0.1, 0.15) is 0 Å². The predicted molar refractivity (Wildman–Crippen MR) is 53.1 cm³/mol. The van der Waals surface area contributed by atoms with Crippen LogP contribution in [-0.4, -0.2) is 30.1 Å². The van der Waals surface area contributed by atoms with Gasteiger partial charge >= 0.3 is 0 Å². The third kappa shape index (κ3) is 2.68. The first-order valence-corrected chi connectivity index (χ1v) is 5.12. The molecular formula is C10H19N3. The minimum Gasteiger partial charge on any atom is -0.329 e. The normalized spacial score (nSPS) is 29.9. The van der Waals surface area contributed by atoms with Gasteiger partial charge in [-0.2, -0.15) is 5.26 Å². The van der Waals surface area contributed by atoms with Gasteiger partial charge in [-0.25, -0.2) is 0 Å². The highest BCUT2D eigenvalue weighted by molar-refractivity contribution is 4.85. The highest BCUT2D eigenvalue weighted by Crippen LogP contribution is 2.21. The molecule has 0 spiro atoms. The molecule has 1 heterocycles. The van der Waals surface area contributed by atoms with E-state index >= 15 is 0 Å². The second kappa shape index (κ2) is 5.21. The zero-order chi connectivity index (χ0) is 9.68. The zero-order valence-electron chi connectivity index (χ0n) is 8.37. The molecule has 1 saturated heterocycles. The molecule has 3 heteroatoms. The average molecular weight is 181 g/mol. The van der Waals surface area contributed by atoms with Gasteiger partial charge in [0.25, 0.3) is 0 Å². The molecule has 13 heavy (non-hydrogen) atoms. The van der Waals surface area contributed by atoms with Gasteiger partial charge in [-0.1, -0.05) is 6.42 Å². The molecule has 0 amide bonds. The van der Waals surface area contributed by atoms with E-state index in [1.165, 1.54) is 19.3 Å². The molecule has 2 N–H and O–H groups in total. The van der Waals surface area contributed by atoms with Gasteiger partial charge in [0.05, 0.1) is 6.07 Å². The van der Waals surface area contributed by atoms with Crippen LogP contribution in [0.1, 0.15) is 32.6 Å². The first-order valence-electron chi connectivity index (χ1n) is 5.12. The maximum absolute atomic E-state index is 8.53. The number of hydrogen-bond acceptors (Lipinski definition) is 3. The summed E-state index contributed by atoms with van der Waals surface area (Å²) < 4.78 is 0. The number of hydrogen-bond donors (Lipinski definition) is 1. The zero-order valence-corrected chi connectivity index (χ0v) is 8.37. The minimum absolute atomic E-state index is 0.511. The van der Waals surface area contributed by atoms with E-state index in [0.29, 0.717) is 18.5 Å². The topological polar surface area (TPSA) is 53.0 Å². The van der Waals surface area contributed by atoms with E-state index in [4.69, 9.17) is 11.0 Å². The number of nitrogens with two attached hydrogens (primary N) is 1. The van der Waals surface area contributed by atoms with E-state index in [-0.39, 0.29) is 0 Å². The van der Waals surface area contributed by atoms with Crippen LogP contribution in [0.3, 0.4) is 0 Å². The molecule has 2 unspecified atom stereocenters. The minimum atomic E-state index is 0.511. The Bertz CT molecular complexity index is 185. The molecule has 2 atom stereocenters. The van der Waals surface area contributed by atoms with Crippen molar-refractivity contribution in [2.24, 2.45) is 5.73 Å². The Morgan fingerprint density at radius 1 is 1.54 bits per heavy atom. The fourth-order valence-corrected chi connectivity index (χ4v) is 2.18. The first kappa shape index (κ1) is 10.5. The van der Waals surface area contributed by atoms with E-state index < -0.39 is 0 Å². The van der Waals surface area contributed by atoms with Crippen molar-refractivity contribution in [3.63, 3.8) is 0 Å². The molecule has 0 radical (unpaired) electrons. The van der Waals surface area contributed by atoms with Crippen molar-refractivity contribution in [1.82, 2.24) is 4.90 Å². The molecule has 3 nitrogen and oxygen atoms in total. The van der Waals surface area contributed by atoms with Crippen LogP contribution in [0.5, 0.6) is 0 Å². The van der Waals surface area contributed by atoms with Crippen LogP contribution >= 0.6 is 0 Å².